The van der Waals surface area contributed by atoms with Gasteiger partial charge in [-0.3, -0.25) is 4.90 Å². The quantitative estimate of drug-likeness (QED) is 0.653. The Morgan fingerprint density at radius 2 is 1.89 bits per heavy atom. The summed E-state index contributed by atoms with van der Waals surface area (Å²) in [6, 6.07) is 0.801. The molecule has 0 spiro atoms. The Labute approximate surface area is 120 Å². The van der Waals surface area contributed by atoms with Gasteiger partial charge in [0.05, 0.1) is 0 Å². The molecule has 0 amide bonds. The lowest BCUT2D eigenvalue weighted by atomic mass is 9.87. The van der Waals surface area contributed by atoms with Crippen molar-refractivity contribution in [3.05, 3.63) is 0 Å². The second kappa shape index (κ2) is 8.23. The average Bonchev–Trinajstić information content (AvgIpc) is 2.85. The summed E-state index contributed by atoms with van der Waals surface area (Å²) in [4.78, 5) is 5.26. The van der Waals surface area contributed by atoms with Gasteiger partial charge in [-0.1, -0.05) is 34.1 Å². The van der Waals surface area contributed by atoms with Crippen LogP contribution < -0.4 is 5.73 Å². The van der Waals surface area contributed by atoms with Gasteiger partial charge in [-0.2, -0.15) is 0 Å². The van der Waals surface area contributed by atoms with Crippen molar-refractivity contribution in [2.24, 2.45) is 11.1 Å². The summed E-state index contributed by atoms with van der Waals surface area (Å²) < 4.78 is 0. The van der Waals surface area contributed by atoms with Crippen molar-refractivity contribution in [3.8, 4) is 0 Å². The summed E-state index contributed by atoms with van der Waals surface area (Å²) in [5, 5.41) is 0. The molecule has 2 N–H and O–H groups in total. The van der Waals surface area contributed by atoms with Crippen LogP contribution in [0.3, 0.4) is 0 Å². The number of hydrogen-bond acceptors (Lipinski definition) is 3. The van der Waals surface area contributed by atoms with E-state index < -0.39 is 0 Å². The number of unbranched alkanes of at least 4 members (excludes halogenated alkanes) is 1. The highest BCUT2D eigenvalue weighted by molar-refractivity contribution is 4.82. The average molecular weight is 269 g/mol. The van der Waals surface area contributed by atoms with Crippen molar-refractivity contribution in [3.63, 3.8) is 0 Å². The Morgan fingerprint density at radius 1 is 1.21 bits per heavy atom. The fourth-order valence-electron chi connectivity index (χ4n) is 3.09. The standard InChI is InChI=1S/C16H35N3/c1-5-19(6-2)15-9-12-18(13-15)11-8-7-10-16(3,4)14-17/h15H,5-14,17H2,1-4H3. The fourth-order valence-corrected chi connectivity index (χ4v) is 3.09. The molecule has 1 atom stereocenters. The van der Waals surface area contributed by atoms with E-state index in [1.165, 1.54) is 58.4 Å². The molecule has 1 unspecified atom stereocenters. The maximum Gasteiger partial charge on any atom is 0.0235 e. The highest BCUT2D eigenvalue weighted by Crippen LogP contribution is 2.22. The molecule has 0 saturated carbocycles. The van der Waals surface area contributed by atoms with Crippen LogP contribution in [-0.4, -0.2) is 55.1 Å². The van der Waals surface area contributed by atoms with E-state index >= 15 is 0 Å². The normalized spacial score (nSPS) is 21.5. The maximum absolute atomic E-state index is 5.78. The van der Waals surface area contributed by atoms with E-state index in [4.69, 9.17) is 5.73 Å². The van der Waals surface area contributed by atoms with Gasteiger partial charge in [0.2, 0.25) is 0 Å². The lowest BCUT2D eigenvalue weighted by Crippen LogP contribution is -2.37. The second-order valence-corrected chi connectivity index (χ2v) is 6.79. The van der Waals surface area contributed by atoms with Crippen molar-refractivity contribution in [1.29, 1.82) is 0 Å². The third-order valence-corrected chi connectivity index (χ3v) is 4.71. The van der Waals surface area contributed by atoms with Crippen LogP contribution in [0.1, 0.15) is 53.4 Å². The van der Waals surface area contributed by atoms with E-state index in [0.29, 0.717) is 5.41 Å². The number of rotatable bonds is 9. The Kier molecular flexibility index (Phi) is 7.33. The topological polar surface area (TPSA) is 32.5 Å². The van der Waals surface area contributed by atoms with Crippen molar-refractivity contribution >= 4 is 0 Å². The van der Waals surface area contributed by atoms with Gasteiger partial charge in [-0.05, 0) is 57.4 Å². The smallest absolute Gasteiger partial charge is 0.0235 e. The molecule has 0 radical (unpaired) electrons. The molecule has 0 aliphatic carbocycles. The van der Waals surface area contributed by atoms with E-state index in [1.807, 2.05) is 0 Å². The Balaban J connectivity index is 2.15. The highest BCUT2D eigenvalue weighted by Gasteiger charge is 2.25. The van der Waals surface area contributed by atoms with Gasteiger partial charge in [0, 0.05) is 12.6 Å². The van der Waals surface area contributed by atoms with Crippen LogP contribution in [0.25, 0.3) is 0 Å². The monoisotopic (exact) mass is 269 g/mol. The minimum absolute atomic E-state index is 0.328. The molecule has 0 aromatic carbocycles. The lowest BCUT2D eigenvalue weighted by molar-refractivity contribution is 0.208. The molecule has 114 valence electrons. The van der Waals surface area contributed by atoms with Crippen LogP contribution in [0.4, 0.5) is 0 Å². The number of likely N-dealkylation sites (tertiary alicyclic amines) is 1. The van der Waals surface area contributed by atoms with Crippen LogP contribution in [0.2, 0.25) is 0 Å². The molecule has 3 nitrogen and oxygen atoms in total. The zero-order valence-corrected chi connectivity index (χ0v) is 13.6. The molecule has 0 bridgehead atoms. The Bertz CT molecular complexity index is 236. The summed E-state index contributed by atoms with van der Waals surface area (Å²) in [5.74, 6) is 0. The molecule has 1 rings (SSSR count). The molecule has 0 aromatic rings. The van der Waals surface area contributed by atoms with Crippen molar-refractivity contribution in [2.45, 2.75) is 59.4 Å². The van der Waals surface area contributed by atoms with Gasteiger partial charge in [0.25, 0.3) is 0 Å². The van der Waals surface area contributed by atoms with Crippen LogP contribution in [0, 0.1) is 5.41 Å². The van der Waals surface area contributed by atoms with Gasteiger partial charge in [0.15, 0.2) is 0 Å². The zero-order chi connectivity index (χ0) is 14.3. The van der Waals surface area contributed by atoms with Crippen molar-refractivity contribution < 1.29 is 0 Å². The maximum atomic E-state index is 5.78. The molecule has 1 heterocycles. The van der Waals surface area contributed by atoms with E-state index in [9.17, 15) is 0 Å². The summed E-state index contributed by atoms with van der Waals surface area (Å²) in [5.41, 5.74) is 6.10. The number of likely N-dealkylation sites (N-methyl/N-ethyl adjacent to an activating group) is 1. The van der Waals surface area contributed by atoms with Gasteiger partial charge < -0.3 is 10.6 Å². The predicted molar refractivity (Wildman–Crippen MR) is 84.5 cm³/mol. The first-order valence-corrected chi connectivity index (χ1v) is 8.19. The first-order valence-electron chi connectivity index (χ1n) is 8.19. The van der Waals surface area contributed by atoms with E-state index in [1.54, 1.807) is 0 Å². The van der Waals surface area contributed by atoms with Crippen LogP contribution >= 0.6 is 0 Å². The number of nitrogens with two attached hydrogens (primary N) is 1. The SMILES string of the molecule is CCN(CC)C1CCN(CCCCC(C)(C)CN)C1. The molecule has 19 heavy (non-hydrogen) atoms. The van der Waals surface area contributed by atoms with Gasteiger partial charge in [-0.15, -0.1) is 0 Å². The Hall–Kier alpha value is -0.120. The highest BCUT2D eigenvalue weighted by atomic mass is 15.2. The van der Waals surface area contributed by atoms with E-state index in [2.05, 4.69) is 37.5 Å². The van der Waals surface area contributed by atoms with Gasteiger partial charge >= 0.3 is 0 Å². The number of hydrogen-bond donors (Lipinski definition) is 1. The predicted octanol–water partition coefficient (Wildman–Crippen LogP) is 2.56. The minimum Gasteiger partial charge on any atom is -0.330 e. The van der Waals surface area contributed by atoms with Crippen LogP contribution in [-0.2, 0) is 0 Å². The molecular formula is C16H35N3. The van der Waals surface area contributed by atoms with Gasteiger partial charge in [-0.25, -0.2) is 0 Å². The Morgan fingerprint density at radius 3 is 2.47 bits per heavy atom. The summed E-state index contributed by atoms with van der Waals surface area (Å²) >= 11 is 0. The first-order chi connectivity index (χ1) is 9.02. The largest absolute Gasteiger partial charge is 0.330 e. The van der Waals surface area contributed by atoms with Crippen LogP contribution in [0.5, 0.6) is 0 Å². The molecule has 3 heteroatoms. The molecule has 1 saturated heterocycles. The summed E-state index contributed by atoms with van der Waals surface area (Å²) in [7, 11) is 0. The zero-order valence-electron chi connectivity index (χ0n) is 13.6. The second-order valence-electron chi connectivity index (χ2n) is 6.79. The summed E-state index contributed by atoms with van der Waals surface area (Å²) in [6.45, 7) is 16.2. The molecule has 1 fully saturated rings. The minimum atomic E-state index is 0.328. The molecule has 0 aromatic heterocycles. The summed E-state index contributed by atoms with van der Waals surface area (Å²) in [6.07, 6.45) is 5.26. The fraction of sp³-hybridized carbons (Fsp3) is 1.00. The lowest BCUT2D eigenvalue weighted by Gasteiger charge is -2.26. The van der Waals surface area contributed by atoms with E-state index in [0.717, 1.165) is 12.6 Å². The molecule has 1 aliphatic heterocycles. The molecular weight excluding hydrogens is 234 g/mol. The van der Waals surface area contributed by atoms with Gasteiger partial charge in [0.1, 0.15) is 0 Å². The third-order valence-electron chi connectivity index (χ3n) is 4.71. The van der Waals surface area contributed by atoms with Crippen LogP contribution in [0.15, 0.2) is 0 Å². The van der Waals surface area contributed by atoms with Crippen molar-refractivity contribution in [2.75, 3.05) is 39.3 Å². The third kappa shape index (κ3) is 5.80. The van der Waals surface area contributed by atoms with E-state index in [-0.39, 0.29) is 0 Å². The van der Waals surface area contributed by atoms with Crippen molar-refractivity contribution in [1.82, 2.24) is 9.80 Å². The number of nitrogens with zero attached hydrogens (tertiary/aromatic N) is 2. The molecule has 1 aliphatic rings. The first kappa shape index (κ1) is 16.9.